The highest BCUT2D eigenvalue weighted by atomic mass is 32.1. The highest BCUT2D eigenvalue weighted by Gasteiger charge is 2.17. The number of thiophene rings is 1. The Kier molecular flexibility index (Phi) is 4.95. The van der Waals surface area contributed by atoms with Gasteiger partial charge in [-0.25, -0.2) is 0 Å². The maximum atomic E-state index is 12.6. The van der Waals surface area contributed by atoms with Crippen molar-refractivity contribution in [1.82, 2.24) is 5.32 Å². The molecule has 0 radical (unpaired) electrons. The maximum absolute atomic E-state index is 12.6. The minimum absolute atomic E-state index is 0.0668. The summed E-state index contributed by atoms with van der Waals surface area (Å²) in [6, 6.07) is 13.6. The molecule has 0 saturated heterocycles. The second-order valence-electron chi connectivity index (χ2n) is 5.91. The fraction of sp³-hybridized carbons (Fsp3) is 0.250. The molecule has 1 amide bonds. The molecule has 1 unspecified atom stereocenters. The minimum Gasteiger partial charge on any atom is -0.493 e. The smallest absolute Gasteiger partial charge is 0.261 e. The summed E-state index contributed by atoms with van der Waals surface area (Å²) in [4.78, 5) is 13.3. The maximum Gasteiger partial charge on any atom is 0.261 e. The van der Waals surface area contributed by atoms with Gasteiger partial charge < -0.3 is 14.8 Å². The summed E-state index contributed by atoms with van der Waals surface area (Å²) in [6.45, 7) is 3.97. The number of fused-ring (bicyclic) bond motifs is 1. The zero-order chi connectivity index (χ0) is 18.0. The topological polar surface area (TPSA) is 47.6 Å². The molecular formula is C20H21NO3S. The van der Waals surface area contributed by atoms with Gasteiger partial charge >= 0.3 is 0 Å². The van der Waals surface area contributed by atoms with E-state index in [-0.39, 0.29) is 11.9 Å². The average Bonchev–Trinajstić information content (AvgIpc) is 3.05. The number of carbonyl (C=O) groups excluding carboxylic acids is 1. The van der Waals surface area contributed by atoms with Crippen LogP contribution >= 0.6 is 11.3 Å². The van der Waals surface area contributed by atoms with Gasteiger partial charge in [-0.3, -0.25) is 4.79 Å². The Morgan fingerprint density at radius 3 is 2.44 bits per heavy atom. The summed E-state index contributed by atoms with van der Waals surface area (Å²) in [6.07, 6.45) is 0. The van der Waals surface area contributed by atoms with E-state index in [9.17, 15) is 4.79 Å². The Morgan fingerprint density at radius 1 is 1.08 bits per heavy atom. The van der Waals surface area contributed by atoms with Gasteiger partial charge in [0.1, 0.15) is 0 Å². The molecule has 0 fully saturated rings. The molecule has 0 aliphatic carbocycles. The van der Waals surface area contributed by atoms with Crippen molar-refractivity contribution >= 4 is 27.3 Å². The molecule has 25 heavy (non-hydrogen) atoms. The van der Waals surface area contributed by atoms with Gasteiger partial charge in [0.25, 0.3) is 5.91 Å². The van der Waals surface area contributed by atoms with Gasteiger partial charge in [0, 0.05) is 4.70 Å². The number of hydrogen-bond donors (Lipinski definition) is 1. The zero-order valence-electron chi connectivity index (χ0n) is 14.8. The summed E-state index contributed by atoms with van der Waals surface area (Å²) in [5.41, 5.74) is 2.05. The first-order valence-electron chi connectivity index (χ1n) is 8.05. The van der Waals surface area contributed by atoms with Crippen molar-refractivity contribution in [3.05, 3.63) is 58.5 Å². The number of nitrogens with one attached hydrogen (secondary N) is 1. The third-order valence-corrected chi connectivity index (χ3v) is 5.35. The Labute approximate surface area is 151 Å². The van der Waals surface area contributed by atoms with E-state index >= 15 is 0 Å². The normalized spacial score (nSPS) is 12.0. The molecule has 130 valence electrons. The molecule has 3 aromatic rings. The summed E-state index contributed by atoms with van der Waals surface area (Å²) >= 11 is 1.50. The van der Waals surface area contributed by atoms with Crippen molar-refractivity contribution in [3.63, 3.8) is 0 Å². The summed E-state index contributed by atoms with van der Waals surface area (Å²) in [7, 11) is 3.22. The molecule has 0 aliphatic heterocycles. The predicted molar refractivity (Wildman–Crippen MR) is 102 cm³/mol. The summed E-state index contributed by atoms with van der Waals surface area (Å²) in [5.74, 6) is 1.28. The molecule has 0 bridgehead atoms. The van der Waals surface area contributed by atoms with Crippen LogP contribution in [0.4, 0.5) is 0 Å². The number of methoxy groups -OCH3 is 2. The van der Waals surface area contributed by atoms with Crippen LogP contribution < -0.4 is 14.8 Å². The van der Waals surface area contributed by atoms with Crippen molar-refractivity contribution in [2.24, 2.45) is 0 Å². The quantitative estimate of drug-likeness (QED) is 0.720. The van der Waals surface area contributed by atoms with Crippen LogP contribution in [0.5, 0.6) is 11.5 Å². The number of benzene rings is 2. The van der Waals surface area contributed by atoms with Gasteiger partial charge in [-0.1, -0.05) is 18.2 Å². The van der Waals surface area contributed by atoms with Crippen LogP contribution in [0.3, 0.4) is 0 Å². The van der Waals surface area contributed by atoms with E-state index in [1.165, 1.54) is 11.3 Å². The Bertz CT molecular complexity index is 883. The highest BCUT2D eigenvalue weighted by Crippen LogP contribution is 2.33. The van der Waals surface area contributed by atoms with Crippen LogP contribution in [0.15, 0.2) is 42.5 Å². The van der Waals surface area contributed by atoms with Crippen LogP contribution in [0.2, 0.25) is 0 Å². The van der Waals surface area contributed by atoms with E-state index in [2.05, 4.69) is 5.32 Å². The number of aryl methyl sites for hydroxylation is 1. The first kappa shape index (κ1) is 17.3. The second kappa shape index (κ2) is 7.15. The van der Waals surface area contributed by atoms with E-state index in [1.807, 2.05) is 56.3 Å². The first-order chi connectivity index (χ1) is 12.0. The zero-order valence-corrected chi connectivity index (χ0v) is 15.6. The van der Waals surface area contributed by atoms with E-state index < -0.39 is 0 Å². The molecule has 3 rings (SSSR count). The Balaban J connectivity index is 1.83. The lowest BCUT2D eigenvalue weighted by Gasteiger charge is -2.19. The van der Waals surface area contributed by atoms with Crippen LogP contribution in [-0.4, -0.2) is 20.1 Å². The lowest BCUT2D eigenvalue weighted by molar-refractivity contribution is 0.0944. The molecule has 0 aliphatic rings. The van der Waals surface area contributed by atoms with Gasteiger partial charge in [-0.15, -0.1) is 11.3 Å². The third kappa shape index (κ3) is 3.46. The Morgan fingerprint density at radius 2 is 1.76 bits per heavy atom. The monoisotopic (exact) mass is 355 g/mol. The molecule has 1 heterocycles. The van der Waals surface area contributed by atoms with Gasteiger partial charge in [0.2, 0.25) is 0 Å². The first-order valence-corrected chi connectivity index (χ1v) is 8.87. The number of hydrogen-bond acceptors (Lipinski definition) is 4. The van der Waals surface area contributed by atoms with Gasteiger partial charge in [-0.05, 0) is 54.6 Å². The second-order valence-corrected chi connectivity index (χ2v) is 6.99. The van der Waals surface area contributed by atoms with Gasteiger partial charge in [0.15, 0.2) is 11.5 Å². The van der Waals surface area contributed by atoms with E-state index in [4.69, 9.17) is 9.47 Å². The molecule has 5 heteroatoms. The van der Waals surface area contributed by atoms with Crippen LogP contribution in [0.25, 0.3) is 10.1 Å². The number of ether oxygens (including phenoxy) is 2. The third-order valence-electron chi connectivity index (χ3n) is 4.24. The molecule has 1 aromatic heterocycles. The molecule has 4 nitrogen and oxygen atoms in total. The summed E-state index contributed by atoms with van der Waals surface area (Å²) in [5, 5.41) is 4.17. The van der Waals surface area contributed by atoms with Gasteiger partial charge in [-0.2, -0.15) is 0 Å². The lowest BCUT2D eigenvalue weighted by atomic mass is 10.0. The van der Waals surface area contributed by atoms with Crippen LogP contribution in [0, 0.1) is 6.92 Å². The predicted octanol–water partition coefficient (Wildman–Crippen LogP) is 4.72. The summed E-state index contributed by atoms with van der Waals surface area (Å²) < 4.78 is 11.8. The van der Waals surface area contributed by atoms with Crippen molar-refractivity contribution in [3.8, 4) is 11.5 Å². The van der Waals surface area contributed by atoms with Gasteiger partial charge in [0.05, 0.1) is 25.1 Å². The van der Waals surface area contributed by atoms with Crippen LogP contribution in [-0.2, 0) is 0 Å². The molecule has 1 N–H and O–H groups in total. The van der Waals surface area contributed by atoms with E-state index in [0.29, 0.717) is 16.4 Å². The highest BCUT2D eigenvalue weighted by molar-refractivity contribution is 7.20. The number of amides is 1. The van der Waals surface area contributed by atoms with Crippen molar-refractivity contribution in [2.45, 2.75) is 19.9 Å². The fourth-order valence-corrected chi connectivity index (χ4v) is 3.87. The standard InChI is InChI=1S/C20H21NO3S/c1-12-9-16(23-3)17(24-4)11-15(12)13(2)21-20(22)19-10-14-7-5-6-8-18(14)25-19/h5-11,13H,1-4H3,(H,21,22). The van der Waals surface area contributed by atoms with E-state index in [0.717, 1.165) is 21.2 Å². The Hall–Kier alpha value is -2.53. The lowest BCUT2D eigenvalue weighted by Crippen LogP contribution is -2.26. The largest absolute Gasteiger partial charge is 0.493 e. The van der Waals surface area contributed by atoms with Crippen LogP contribution in [0.1, 0.15) is 33.8 Å². The van der Waals surface area contributed by atoms with Crippen molar-refractivity contribution in [2.75, 3.05) is 14.2 Å². The average molecular weight is 355 g/mol. The van der Waals surface area contributed by atoms with Crippen molar-refractivity contribution in [1.29, 1.82) is 0 Å². The molecule has 1 atom stereocenters. The molecule has 0 spiro atoms. The number of carbonyl (C=O) groups is 1. The SMILES string of the molecule is COc1cc(C)c(C(C)NC(=O)c2cc3ccccc3s2)cc1OC. The molecule has 0 saturated carbocycles. The fourth-order valence-electron chi connectivity index (χ4n) is 2.90. The molecule has 2 aromatic carbocycles. The number of rotatable bonds is 5. The van der Waals surface area contributed by atoms with E-state index in [1.54, 1.807) is 14.2 Å². The molecular weight excluding hydrogens is 334 g/mol. The van der Waals surface area contributed by atoms with Crippen molar-refractivity contribution < 1.29 is 14.3 Å². The minimum atomic E-state index is -0.141.